The van der Waals surface area contributed by atoms with Crippen molar-refractivity contribution < 1.29 is 19.0 Å². The third-order valence-corrected chi connectivity index (χ3v) is 6.63. The van der Waals surface area contributed by atoms with Gasteiger partial charge >= 0.3 is 5.97 Å². The van der Waals surface area contributed by atoms with Crippen LogP contribution in [0.25, 0.3) is 0 Å². The number of aliphatic carboxylic acids is 1. The summed E-state index contributed by atoms with van der Waals surface area (Å²) in [5.41, 5.74) is 3.29. The lowest BCUT2D eigenvalue weighted by molar-refractivity contribution is -0.138. The molecule has 10 nitrogen and oxygen atoms in total. The summed E-state index contributed by atoms with van der Waals surface area (Å²) in [5.74, 6) is 0.199. The van der Waals surface area contributed by atoms with E-state index in [2.05, 4.69) is 42.6 Å². The second kappa shape index (κ2) is 14.3. The molecule has 0 radical (unpaired) electrons. The van der Waals surface area contributed by atoms with E-state index in [1.54, 1.807) is 6.20 Å². The van der Waals surface area contributed by atoms with Gasteiger partial charge in [-0.2, -0.15) is 0 Å². The van der Waals surface area contributed by atoms with Crippen molar-refractivity contribution >= 4 is 17.7 Å². The molecule has 0 fully saturated rings. The van der Waals surface area contributed by atoms with Gasteiger partial charge in [-0.25, -0.2) is 24.1 Å². The molecule has 0 aromatic carbocycles. The molecule has 11 heteroatoms. The maximum absolute atomic E-state index is 13.1. The van der Waals surface area contributed by atoms with Crippen LogP contribution in [-0.4, -0.2) is 74.7 Å². The second-order valence-electron chi connectivity index (χ2n) is 9.67. The van der Waals surface area contributed by atoms with Crippen molar-refractivity contribution in [2.45, 2.75) is 51.5 Å². The topological polar surface area (TPSA) is 125 Å². The van der Waals surface area contributed by atoms with Crippen LogP contribution in [0.5, 0.6) is 5.75 Å². The minimum Gasteiger partial charge on any atom is -0.491 e. The number of rotatable bonds is 15. The van der Waals surface area contributed by atoms with Crippen LogP contribution in [0.15, 0.2) is 42.9 Å². The predicted molar refractivity (Wildman–Crippen MR) is 147 cm³/mol. The lowest BCUT2D eigenvalue weighted by atomic mass is 10.1. The molecule has 0 saturated heterocycles. The average molecular weight is 538 g/mol. The normalized spacial score (nSPS) is 13.4. The lowest BCUT2D eigenvalue weighted by Crippen LogP contribution is -2.37. The second-order valence-corrected chi connectivity index (χ2v) is 9.67. The number of halogens is 1. The molecule has 208 valence electrons. The van der Waals surface area contributed by atoms with Crippen LogP contribution in [0.2, 0.25) is 0 Å². The predicted octanol–water partition coefficient (Wildman–Crippen LogP) is 3.73. The number of nitrogens with zero attached hydrogens (tertiary/aromatic N) is 5. The van der Waals surface area contributed by atoms with E-state index in [4.69, 9.17) is 9.72 Å². The van der Waals surface area contributed by atoms with E-state index >= 15 is 0 Å². The zero-order valence-electron chi connectivity index (χ0n) is 22.3. The number of carboxylic acid groups (broad SMARTS) is 1. The Morgan fingerprint density at radius 2 is 1.97 bits per heavy atom. The minimum atomic E-state index is -1.02. The summed E-state index contributed by atoms with van der Waals surface area (Å²) in [6.45, 7) is 5.30. The van der Waals surface area contributed by atoms with Crippen molar-refractivity contribution in [3.63, 3.8) is 0 Å². The zero-order valence-corrected chi connectivity index (χ0v) is 22.3. The third-order valence-electron chi connectivity index (χ3n) is 6.63. The molecule has 1 aliphatic rings. The molecule has 0 amide bonds. The Morgan fingerprint density at radius 3 is 2.74 bits per heavy atom. The van der Waals surface area contributed by atoms with E-state index < -0.39 is 17.8 Å². The van der Waals surface area contributed by atoms with Gasteiger partial charge in [-0.15, -0.1) is 0 Å². The maximum Gasteiger partial charge on any atom is 0.326 e. The van der Waals surface area contributed by atoms with Crippen molar-refractivity contribution in [2.24, 2.45) is 0 Å². The molecule has 0 aliphatic carbocycles. The van der Waals surface area contributed by atoms with Crippen LogP contribution >= 0.6 is 0 Å². The van der Waals surface area contributed by atoms with Crippen LogP contribution in [0, 0.1) is 12.7 Å². The number of carbonyl (C=O) groups is 1. The highest BCUT2D eigenvalue weighted by molar-refractivity contribution is 5.76. The Kier molecular flexibility index (Phi) is 10.4. The van der Waals surface area contributed by atoms with E-state index in [-0.39, 0.29) is 5.95 Å². The number of aromatic nitrogens is 4. The van der Waals surface area contributed by atoms with E-state index in [9.17, 15) is 14.3 Å². The van der Waals surface area contributed by atoms with Gasteiger partial charge in [0.1, 0.15) is 24.2 Å². The van der Waals surface area contributed by atoms with E-state index in [1.165, 1.54) is 5.56 Å². The van der Waals surface area contributed by atoms with Gasteiger partial charge in [0.2, 0.25) is 5.95 Å². The number of carboxylic acids is 1. The van der Waals surface area contributed by atoms with Crippen LogP contribution in [0.3, 0.4) is 0 Å². The summed E-state index contributed by atoms with van der Waals surface area (Å²) in [6, 6.07) is 7.18. The fourth-order valence-electron chi connectivity index (χ4n) is 4.43. The van der Waals surface area contributed by atoms with Gasteiger partial charge in [-0.1, -0.05) is 6.07 Å². The highest BCUT2D eigenvalue weighted by Crippen LogP contribution is 2.20. The van der Waals surface area contributed by atoms with Crippen LogP contribution in [-0.2, 0) is 17.6 Å². The molecule has 4 rings (SSSR count). The highest BCUT2D eigenvalue weighted by atomic mass is 19.1. The summed E-state index contributed by atoms with van der Waals surface area (Å²) in [6.07, 6.45) is 9.03. The Morgan fingerprint density at radius 1 is 1.13 bits per heavy atom. The zero-order chi connectivity index (χ0) is 27.5. The number of hydrogen-bond donors (Lipinski definition) is 3. The first kappa shape index (κ1) is 28.2. The van der Waals surface area contributed by atoms with Gasteiger partial charge in [0.25, 0.3) is 0 Å². The molecule has 0 unspecified atom stereocenters. The van der Waals surface area contributed by atoms with Gasteiger partial charge in [0.15, 0.2) is 5.82 Å². The Balaban J connectivity index is 1.29. The van der Waals surface area contributed by atoms with E-state index in [0.29, 0.717) is 31.9 Å². The van der Waals surface area contributed by atoms with Gasteiger partial charge in [-0.05, 0) is 75.8 Å². The highest BCUT2D eigenvalue weighted by Gasteiger charge is 2.20. The molecular formula is C28H36FN7O3. The van der Waals surface area contributed by atoms with Crippen molar-refractivity contribution in [2.75, 3.05) is 43.4 Å². The fraction of sp³-hybridized carbons (Fsp3) is 0.464. The molecule has 1 atom stereocenters. The molecule has 3 N–H and O–H groups in total. The molecule has 1 aliphatic heterocycles. The van der Waals surface area contributed by atoms with Gasteiger partial charge < -0.3 is 20.5 Å². The Bertz CT molecular complexity index is 1190. The minimum absolute atomic E-state index is 0.0811. The van der Waals surface area contributed by atoms with Crippen molar-refractivity contribution in [3.05, 3.63) is 65.6 Å². The van der Waals surface area contributed by atoms with Gasteiger partial charge in [0.05, 0.1) is 18.6 Å². The number of unbranched alkanes of at least 4 members (excludes halogenated alkanes) is 1. The lowest BCUT2D eigenvalue weighted by Gasteiger charge is -2.24. The maximum atomic E-state index is 13.1. The smallest absolute Gasteiger partial charge is 0.326 e. The molecule has 39 heavy (non-hydrogen) atoms. The van der Waals surface area contributed by atoms with E-state index in [1.807, 2.05) is 19.1 Å². The van der Waals surface area contributed by atoms with Crippen molar-refractivity contribution in [1.29, 1.82) is 0 Å². The molecule has 0 spiro atoms. The van der Waals surface area contributed by atoms with Crippen molar-refractivity contribution in [3.8, 4) is 5.75 Å². The molecule has 0 bridgehead atoms. The number of anilines is 2. The summed E-state index contributed by atoms with van der Waals surface area (Å²) >= 11 is 0. The number of pyridine rings is 2. The number of aryl methyl sites for hydroxylation is 3. The van der Waals surface area contributed by atoms with Gasteiger partial charge in [0, 0.05) is 31.0 Å². The standard InChI is InChI=1S/C28H36FN7O3/c1-20-7-10-24(19-31-20)39-16-15-36(14-11-25(27(37)38)35-28-32-17-22(29)18-33-28)13-3-2-6-23-9-8-21-5-4-12-30-26(21)34-23/h7-10,17-19,25H,2-6,11-16H2,1H3,(H,30,34)(H,37,38)(H,32,33,35)/t25-/m0/s1. The fourth-order valence-corrected chi connectivity index (χ4v) is 4.43. The summed E-state index contributed by atoms with van der Waals surface area (Å²) in [4.78, 5) is 30.8. The molecule has 3 aromatic rings. The number of nitrogens with one attached hydrogen (secondary N) is 2. The van der Waals surface area contributed by atoms with Crippen LogP contribution in [0.1, 0.15) is 42.6 Å². The summed E-state index contributed by atoms with van der Waals surface area (Å²) in [5, 5.41) is 15.9. The Hall–Kier alpha value is -3.86. The monoisotopic (exact) mass is 537 g/mol. The first-order valence-electron chi connectivity index (χ1n) is 13.4. The average Bonchev–Trinajstić information content (AvgIpc) is 2.94. The first-order chi connectivity index (χ1) is 19.0. The summed E-state index contributed by atoms with van der Waals surface area (Å²) < 4.78 is 19.0. The quantitative estimate of drug-likeness (QED) is 0.247. The molecule has 3 aromatic heterocycles. The number of fused-ring (bicyclic) bond motifs is 1. The molecular weight excluding hydrogens is 501 g/mol. The van der Waals surface area contributed by atoms with Crippen molar-refractivity contribution in [1.82, 2.24) is 24.8 Å². The largest absolute Gasteiger partial charge is 0.491 e. The Labute approximate surface area is 228 Å². The van der Waals surface area contributed by atoms with Crippen LogP contribution in [0.4, 0.5) is 16.2 Å². The van der Waals surface area contributed by atoms with Crippen LogP contribution < -0.4 is 15.4 Å². The molecule has 4 heterocycles. The number of hydrogen-bond acceptors (Lipinski definition) is 9. The molecule has 0 saturated carbocycles. The van der Waals surface area contributed by atoms with Gasteiger partial charge in [-0.3, -0.25) is 9.88 Å². The summed E-state index contributed by atoms with van der Waals surface area (Å²) in [7, 11) is 0. The number of ether oxygens (including phenoxy) is 1. The third kappa shape index (κ3) is 9.13. The SMILES string of the molecule is Cc1ccc(OCCN(CCCCc2ccc3c(n2)NCCC3)CC[C@H](Nc2ncc(F)cn2)C(=O)O)cn1. The van der Waals surface area contributed by atoms with E-state index in [0.717, 1.165) is 74.8 Å². The first-order valence-corrected chi connectivity index (χ1v) is 13.4.